The number of ether oxygens (including phenoxy) is 2. The van der Waals surface area contributed by atoms with E-state index >= 15 is 0 Å². The predicted molar refractivity (Wildman–Crippen MR) is 93.2 cm³/mol. The predicted octanol–water partition coefficient (Wildman–Crippen LogP) is 1.66. The first-order chi connectivity index (χ1) is 11.1. The molecule has 2 N–H and O–H groups in total. The van der Waals surface area contributed by atoms with E-state index < -0.39 is 5.97 Å². The van der Waals surface area contributed by atoms with Crippen LogP contribution < -0.4 is 15.4 Å². The Bertz CT molecular complexity index is 553. The number of nitrogens with one attached hydrogen (secondary N) is 2. The molecule has 1 aliphatic rings. The summed E-state index contributed by atoms with van der Waals surface area (Å²) in [5.41, 5.74) is 0.933. The Balaban J connectivity index is 0.00000288. The van der Waals surface area contributed by atoms with Gasteiger partial charge in [-0.15, -0.1) is 12.4 Å². The monoisotopic (exact) mass is 356 g/mol. The van der Waals surface area contributed by atoms with Crippen molar-refractivity contribution in [2.45, 2.75) is 32.4 Å². The van der Waals surface area contributed by atoms with Crippen LogP contribution in [0.5, 0.6) is 5.75 Å². The number of rotatable bonds is 6. The number of esters is 1. The van der Waals surface area contributed by atoms with Gasteiger partial charge in [-0.3, -0.25) is 4.79 Å². The molecule has 2 rings (SSSR count). The normalized spacial score (nSPS) is 19.8. The number of halogens is 1. The van der Waals surface area contributed by atoms with Crippen molar-refractivity contribution in [3.05, 3.63) is 29.8 Å². The van der Waals surface area contributed by atoms with E-state index in [1.165, 1.54) is 7.11 Å². The van der Waals surface area contributed by atoms with E-state index in [0.29, 0.717) is 18.3 Å². The second kappa shape index (κ2) is 10.2. The third-order valence-electron chi connectivity index (χ3n) is 3.94. The summed E-state index contributed by atoms with van der Waals surface area (Å²) in [4.78, 5) is 23.3. The van der Waals surface area contributed by atoms with Crippen molar-refractivity contribution >= 4 is 24.3 Å². The van der Waals surface area contributed by atoms with Crippen LogP contribution >= 0.6 is 12.4 Å². The molecule has 7 heteroatoms. The van der Waals surface area contributed by atoms with E-state index in [1.54, 1.807) is 6.07 Å². The van der Waals surface area contributed by atoms with Gasteiger partial charge in [-0.05, 0) is 44.0 Å². The van der Waals surface area contributed by atoms with Crippen molar-refractivity contribution in [3.63, 3.8) is 0 Å². The Morgan fingerprint density at radius 1 is 1.38 bits per heavy atom. The maximum absolute atomic E-state index is 12.2. The molecule has 0 unspecified atom stereocenters. The van der Waals surface area contributed by atoms with Crippen LogP contribution in [-0.2, 0) is 20.9 Å². The summed E-state index contributed by atoms with van der Waals surface area (Å²) in [7, 11) is 1.32. The summed E-state index contributed by atoms with van der Waals surface area (Å²) in [6.07, 6.45) is 1.74. The van der Waals surface area contributed by atoms with Crippen molar-refractivity contribution in [2.75, 3.05) is 20.3 Å². The number of methoxy groups -OCH3 is 1. The van der Waals surface area contributed by atoms with Crippen LogP contribution in [0.15, 0.2) is 24.3 Å². The minimum absolute atomic E-state index is 0. The summed E-state index contributed by atoms with van der Waals surface area (Å²) >= 11 is 0. The van der Waals surface area contributed by atoms with Crippen LogP contribution in [0.4, 0.5) is 0 Å². The molecule has 1 saturated heterocycles. The molecule has 24 heavy (non-hydrogen) atoms. The second-order valence-corrected chi connectivity index (χ2v) is 5.81. The van der Waals surface area contributed by atoms with Crippen LogP contribution in [0.1, 0.15) is 25.3 Å². The lowest BCUT2D eigenvalue weighted by Crippen LogP contribution is -2.42. The number of carbonyl (C=O) groups excluding carboxylic acids is 2. The van der Waals surface area contributed by atoms with Gasteiger partial charge in [0.05, 0.1) is 7.11 Å². The topological polar surface area (TPSA) is 76.7 Å². The molecule has 134 valence electrons. The van der Waals surface area contributed by atoms with E-state index in [0.717, 1.165) is 24.9 Å². The zero-order valence-corrected chi connectivity index (χ0v) is 14.9. The first kappa shape index (κ1) is 20.3. The Hall–Kier alpha value is -1.79. The van der Waals surface area contributed by atoms with Crippen LogP contribution in [0, 0.1) is 5.92 Å². The summed E-state index contributed by atoms with van der Waals surface area (Å²) < 4.78 is 9.87. The summed E-state index contributed by atoms with van der Waals surface area (Å²) in [5, 5.41) is 6.32. The lowest BCUT2D eigenvalue weighted by molar-refractivity contribution is -0.142. The minimum Gasteiger partial charge on any atom is -0.482 e. The van der Waals surface area contributed by atoms with Gasteiger partial charge in [0.2, 0.25) is 5.91 Å². The summed E-state index contributed by atoms with van der Waals surface area (Å²) in [6.45, 7) is 3.31. The van der Waals surface area contributed by atoms with Crippen molar-refractivity contribution < 1.29 is 19.1 Å². The van der Waals surface area contributed by atoms with Crippen LogP contribution in [-0.4, -0.2) is 38.2 Å². The van der Waals surface area contributed by atoms with E-state index in [1.807, 2.05) is 18.2 Å². The SMILES string of the molecule is COC(=O)COc1cccc(CNC(=O)[C@H]2CCN[C@@H](C)C2)c1.Cl. The third kappa shape index (κ3) is 6.37. The van der Waals surface area contributed by atoms with Gasteiger partial charge < -0.3 is 20.1 Å². The van der Waals surface area contributed by atoms with Gasteiger partial charge >= 0.3 is 5.97 Å². The van der Waals surface area contributed by atoms with Crippen LogP contribution in [0.3, 0.4) is 0 Å². The second-order valence-electron chi connectivity index (χ2n) is 5.81. The van der Waals surface area contributed by atoms with Gasteiger partial charge in [0.15, 0.2) is 6.61 Å². The van der Waals surface area contributed by atoms with Gasteiger partial charge in [0, 0.05) is 18.5 Å². The minimum atomic E-state index is -0.427. The van der Waals surface area contributed by atoms with E-state index in [9.17, 15) is 9.59 Å². The standard InChI is InChI=1S/C17H24N2O4.ClH/c1-12-8-14(6-7-18-12)17(21)19-10-13-4-3-5-15(9-13)23-11-16(20)22-2;/h3-5,9,12,14,18H,6-8,10-11H2,1-2H3,(H,19,21);1H/t12-,14-;/m0./s1. The summed E-state index contributed by atoms with van der Waals surface area (Å²) in [6, 6.07) is 7.71. The number of piperidine rings is 1. The van der Waals surface area contributed by atoms with Gasteiger partial charge in [-0.1, -0.05) is 12.1 Å². The van der Waals surface area contributed by atoms with Crippen molar-refractivity contribution in [1.29, 1.82) is 0 Å². The maximum atomic E-state index is 12.2. The van der Waals surface area contributed by atoms with Gasteiger partial charge in [0.1, 0.15) is 5.75 Å². The quantitative estimate of drug-likeness (QED) is 0.758. The van der Waals surface area contributed by atoms with Gasteiger partial charge in [-0.2, -0.15) is 0 Å². The molecule has 2 atom stereocenters. The fourth-order valence-electron chi connectivity index (χ4n) is 2.65. The molecule has 0 aliphatic carbocycles. The molecule has 1 aromatic carbocycles. The molecule has 1 amide bonds. The molecule has 0 spiro atoms. The molecule has 0 radical (unpaired) electrons. The van der Waals surface area contributed by atoms with E-state index in [4.69, 9.17) is 4.74 Å². The Morgan fingerprint density at radius 2 is 2.17 bits per heavy atom. The fourth-order valence-corrected chi connectivity index (χ4v) is 2.65. The lowest BCUT2D eigenvalue weighted by atomic mass is 9.92. The highest BCUT2D eigenvalue weighted by Gasteiger charge is 2.24. The van der Waals surface area contributed by atoms with Gasteiger partial charge in [0.25, 0.3) is 0 Å². The van der Waals surface area contributed by atoms with E-state index in [-0.39, 0.29) is 30.8 Å². The average molecular weight is 357 g/mol. The molecule has 1 fully saturated rings. The first-order valence-electron chi connectivity index (χ1n) is 7.88. The van der Waals surface area contributed by atoms with Crippen LogP contribution in [0.25, 0.3) is 0 Å². The smallest absolute Gasteiger partial charge is 0.343 e. The van der Waals surface area contributed by atoms with E-state index in [2.05, 4.69) is 22.3 Å². The molecular weight excluding hydrogens is 332 g/mol. The number of amides is 1. The molecule has 1 aliphatic heterocycles. The Morgan fingerprint density at radius 3 is 2.88 bits per heavy atom. The molecule has 0 aromatic heterocycles. The number of hydrogen-bond donors (Lipinski definition) is 2. The molecule has 1 aromatic rings. The first-order valence-corrected chi connectivity index (χ1v) is 7.88. The molecule has 1 heterocycles. The fraction of sp³-hybridized carbons (Fsp3) is 0.529. The van der Waals surface area contributed by atoms with Gasteiger partial charge in [-0.25, -0.2) is 4.79 Å². The summed E-state index contributed by atoms with van der Waals surface area (Å²) in [5.74, 6) is 0.325. The average Bonchev–Trinajstić information content (AvgIpc) is 2.58. The van der Waals surface area contributed by atoms with Crippen LogP contribution in [0.2, 0.25) is 0 Å². The highest BCUT2D eigenvalue weighted by molar-refractivity contribution is 5.85. The number of hydrogen-bond acceptors (Lipinski definition) is 5. The van der Waals surface area contributed by atoms with Crippen molar-refractivity contribution in [1.82, 2.24) is 10.6 Å². The molecule has 0 bridgehead atoms. The van der Waals surface area contributed by atoms with Crippen molar-refractivity contribution in [3.8, 4) is 5.75 Å². The lowest BCUT2D eigenvalue weighted by Gasteiger charge is -2.27. The maximum Gasteiger partial charge on any atom is 0.343 e. The number of carbonyl (C=O) groups is 2. The zero-order valence-electron chi connectivity index (χ0n) is 14.0. The highest BCUT2D eigenvalue weighted by atomic mass is 35.5. The molecule has 6 nitrogen and oxygen atoms in total. The highest BCUT2D eigenvalue weighted by Crippen LogP contribution is 2.17. The third-order valence-corrected chi connectivity index (χ3v) is 3.94. The molecular formula is C17H25ClN2O4. The zero-order chi connectivity index (χ0) is 16.7. The Labute approximate surface area is 148 Å². The largest absolute Gasteiger partial charge is 0.482 e. The number of benzene rings is 1. The molecule has 0 saturated carbocycles. The van der Waals surface area contributed by atoms with Crippen molar-refractivity contribution in [2.24, 2.45) is 5.92 Å². The Kier molecular flexibility index (Phi) is 8.57.